The van der Waals surface area contributed by atoms with Crippen molar-refractivity contribution in [1.82, 2.24) is 9.88 Å². The molecule has 0 unspecified atom stereocenters. The molecule has 0 aliphatic heterocycles. The van der Waals surface area contributed by atoms with Crippen LogP contribution in [-0.2, 0) is 11.2 Å². The maximum Gasteiger partial charge on any atom is 0.410 e. The first-order valence-corrected chi connectivity index (χ1v) is 9.56. The number of aliphatic hydroxyl groups is 1. The molecule has 1 aromatic heterocycles. The second kappa shape index (κ2) is 10.5. The smallest absolute Gasteiger partial charge is 0.410 e. The van der Waals surface area contributed by atoms with E-state index in [0.717, 1.165) is 5.56 Å². The Morgan fingerprint density at radius 2 is 1.97 bits per heavy atom. The summed E-state index contributed by atoms with van der Waals surface area (Å²) >= 11 is 0. The molecule has 2 rings (SSSR count). The van der Waals surface area contributed by atoms with Gasteiger partial charge in [-0.1, -0.05) is 12.1 Å². The molecule has 0 bridgehead atoms. The first-order valence-electron chi connectivity index (χ1n) is 9.56. The highest BCUT2D eigenvalue weighted by Gasteiger charge is 2.24. The minimum Gasteiger partial charge on any atom is -0.489 e. The topological polar surface area (TPSA) is 115 Å². The van der Waals surface area contributed by atoms with Crippen molar-refractivity contribution in [2.75, 3.05) is 19.7 Å². The zero-order valence-electron chi connectivity index (χ0n) is 17.4. The van der Waals surface area contributed by atoms with Gasteiger partial charge < -0.3 is 19.5 Å². The van der Waals surface area contributed by atoms with E-state index in [-0.39, 0.29) is 25.4 Å². The van der Waals surface area contributed by atoms with Gasteiger partial charge in [0.15, 0.2) is 0 Å². The number of nitro benzene ring substituents is 1. The van der Waals surface area contributed by atoms with Crippen LogP contribution in [0.15, 0.2) is 48.8 Å². The van der Waals surface area contributed by atoms with E-state index in [1.807, 2.05) is 0 Å². The minimum absolute atomic E-state index is 0.00530. The van der Waals surface area contributed by atoms with Crippen LogP contribution in [0, 0.1) is 10.1 Å². The Bertz CT molecular complexity index is 821. The Balaban J connectivity index is 1.98. The highest BCUT2D eigenvalue weighted by molar-refractivity contribution is 5.68. The number of aromatic nitrogens is 1. The molecule has 2 aromatic rings. The Labute approximate surface area is 175 Å². The molecule has 0 spiro atoms. The molecule has 1 N–H and O–H groups in total. The molecule has 0 saturated heterocycles. The molecule has 1 heterocycles. The van der Waals surface area contributed by atoms with Crippen molar-refractivity contribution in [3.8, 4) is 5.75 Å². The quantitative estimate of drug-likeness (QED) is 0.492. The van der Waals surface area contributed by atoms with Crippen LogP contribution in [0.3, 0.4) is 0 Å². The maximum atomic E-state index is 12.6. The van der Waals surface area contributed by atoms with Crippen molar-refractivity contribution >= 4 is 11.8 Å². The van der Waals surface area contributed by atoms with Gasteiger partial charge in [-0.05, 0) is 44.9 Å². The fourth-order valence-corrected chi connectivity index (χ4v) is 2.56. The van der Waals surface area contributed by atoms with E-state index in [1.54, 1.807) is 51.2 Å². The number of pyridine rings is 1. The highest BCUT2D eigenvalue weighted by Crippen LogP contribution is 2.15. The summed E-state index contributed by atoms with van der Waals surface area (Å²) in [6, 6.07) is 9.58. The molecular formula is C21H27N3O6. The predicted molar refractivity (Wildman–Crippen MR) is 110 cm³/mol. The molecule has 0 radical (unpaired) electrons. The fourth-order valence-electron chi connectivity index (χ4n) is 2.56. The number of benzene rings is 1. The van der Waals surface area contributed by atoms with Crippen LogP contribution in [-0.4, -0.2) is 57.4 Å². The lowest BCUT2D eigenvalue weighted by Crippen LogP contribution is -2.43. The van der Waals surface area contributed by atoms with E-state index in [0.29, 0.717) is 12.2 Å². The van der Waals surface area contributed by atoms with Gasteiger partial charge in [-0.25, -0.2) is 4.79 Å². The SMILES string of the molecule is CC(C)(C)OC(=O)N(CCc1ccc([N+](=O)[O-])cc1)C[C@H](O)COc1cccnc1. The number of amides is 1. The van der Waals surface area contributed by atoms with E-state index in [9.17, 15) is 20.0 Å². The van der Waals surface area contributed by atoms with E-state index in [1.165, 1.54) is 23.2 Å². The molecule has 162 valence electrons. The number of hydrogen-bond acceptors (Lipinski definition) is 7. The Hall–Kier alpha value is -3.20. The zero-order valence-corrected chi connectivity index (χ0v) is 17.4. The minimum atomic E-state index is -0.936. The third kappa shape index (κ3) is 8.04. The van der Waals surface area contributed by atoms with Gasteiger partial charge in [0.2, 0.25) is 0 Å². The molecule has 0 aliphatic carbocycles. The maximum absolute atomic E-state index is 12.6. The van der Waals surface area contributed by atoms with Crippen LogP contribution in [0.5, 0.6) is 5.75 Å². The summed E-state index contributed by atoms with van der Waals surface area (Å²) in [6.45, 7) is 5.57. The van der Waals surface area contributed by atoms with Crippen LogP contribution in [0.4, 0.5) is 10.5 Å². The molecule has 0 saturated carbocycles. The monoisotopic (exact) mass is 417 g/mol. The van der Waals surface area contributed by atoms with Crippen molar-refractivity contribution in [1.29, 1.82) is 0 Å². The Morgan fingerprint density at radius 3 is 2.53 bits per heavy atom. The van der Waals surface area contributed by atoms with Crippen molar-refractivity contribution in [3.63, 3.8) is 0 Å². The molecule has 1 aromatic carbocycles. The Morgan fingerprint density at radius 1 is 1.27 bits per heavy atom. The number of hydrogen-bond donors (Lipinski definition) is 1. The number of carbonyl (C=O) groups is 1. The van der Waals surface area contributed by atoms with E-state index in [4.69, 9.17) is 9.47 Å². The van der Waals surface area contributed by atoms with Crippen LogP contribution < -0.4 is 4.74 Å². The molecule has 1 atom stereocenters. The molecular weight excluding hydrogens is 390 g/mol. The molecule has 9 nitrogen and oxygen atoms in total. The predicted octanol–water partition coefficient (Wildman–Crippen LogP) is 3.21. The fraction of sp³-hybridized carbons (Fsp3) is 0.429. The molecule has 0 fully saturated rings. The Kier molecular flexibility index (Phi) is 8.11. The van der Waals surface area contributed by atoms with E-state index >= 15 is 0 Å². The van der Waals surface area contributed by atoms with E-state index in [2.05, 4.69) is 4.98 Å². The second-order valence-corrected chi connectivity index (χ2v) is 7.75. The number of nitro groups is 1. The number of non-ortho nitro benzene ring substituents is 1. The van der Waals surface area contributed by atoms with Crippen LogP contribution in [0.25, 0.3) is 0 Å². The summed E-state index contributed by atoms with van der Waals surface area (Å²) in [4.78, 5) is 28.2. The van der Waals surface area contributed by atoms with Gasteiger partial charge in [0, 0.05) is 24.9 Å². The number of aliphatic hydroxyl groups excluding tert-OH is 1. The van der Waals surface area contributed by atoms with Gasteiger partial charge in [-0.2, -0.15) is 0 Å². The summed E-state index contributed by atoms with van der Waals surface area (Å²) < 4.78 is 10.9. The first-order chi connectivity index (χ1) is 14.1. The van der Waals surface area contributed by atoms with Crippen LogP contribution in [0.2, 0.25) is 0 Å². The molecule has 0 aliphatic rings. The summed E-state index contributed by atoms with van der Waals surface area (Å²) in [5.41, 5.74) is 0.154. The second-order valence-electron chi connectivity index (χ2n) is 7.75. The lowest BCUT2D eigenvalue weighted by Gasteiger charge is -2.29. The molecule has 30 heavy (non-hydrogen) atoms. The first kappa shape index (κ1) is 23.1. The van der Waals surface area contributed by atoms with Gasteiger partial charge in [-0.3, -0.25) is 15.1 Å². The third-order valence-corrected chi connectivity index (χ3v) is 3.98. The lowest BCUT2D eigenvalue weighted by molar-refractivity contribution is -0.384. The summed E-state index contributed by atoms with van der Waals surface area (Å²) in [6.07, 6.45) is 2.12. The number of nitrogens with zero attached hydrogens (tertiary/aromatic N) is 3. The average molecular weight is 417 g/mol. The van der Waals surface area contributed by atoms with Crippen molar-refractivity contribution in [3.05, 3.63) is 64.5 Å². The van der Waals surface area contributed by atoms with E-state index < -0.39 is 22.7 Å². The van der Waals surface area contributed by atoms with Crippen LogP contribution >= 0.6 is 0 Å². The van der Waals surface area contributed by atoms with Crippen molar-refractivity contribution < 1.29 is 24.3 Å². The standard InChI is InChI=1S/C21H27N3O6/c1-21(2,3)30-20(26)23(12-10-16-6-8-17(9-7-16)24(27)28)14-18(25)15-29-19-5-4-11-22-13-19/h4-9,11,13,18,25H,10,12,14-15H2,1-3H3/t18-/m0/s1. The number of ether oxygens (including phenoxy) is 2. The van der Waals surface area contributed by atoms with Gasteiger partial charge >= 0.3 is 6.09 Å². The third-order valence-electron chi connectivity index (χ3n) is 3.98. The van der Waals surface area contributed by atoms with Gasteiger partial charge in [0.1, 0.15) is 24.1 Å². The van der Waals surface area contributed by atoms with Crippen LogP contribution in [0.1, 0.15) is 26.3 Å². The average Bonchev–Trinajstić information content (AvgIpc) is 2.69. The van der Waals surface area contributed by atoms with Gasteiger partial charge in [0.05, 0.1) is 17.7 Å². The normalized spacial score (nSPS) is 12.1. The number of rotatable bonds is 9. The zero-order chi connectivity index (χ0) is 22.1. The van der Waals surface area contributed by atoms with Gasteiger partial charge in [0.25, 0.3) is 5.69 Å². The summed E-state index contributed by atoms with van der Waals surface area (Å²) in [5.74, 6) is 0.520. The lowest BCUT2D eigenvalue weighted by atomic mass is 10.1. The van der Waals surface area contributed by atoms with Crippen molar-refractivity contribution in [2.24, 2.45) is 0 Å². The van der Waals surface area contributed by atoms with Gasteiger partial charge in [-0.15, -0.1) is 0 Å². The highest BCUT2D eigenvalue weighted by atomic mass is 16.6. The molecule has 1 amide bonds. The summed E-state index contributed by atoms with van der Waals surface area (Å²) in [5, 5.41) is 21.1. The number of carbonyl (C=O) groups excluding carboxylic acids is 1. The molecule has 9 heteroatoms. The van der Waals surface area contributed by atoms with Crippen molar-refractivity contribution in [2.45, 2.75) is 38.9 Å². The largest absolute Gasteiger partial charge is 0.489 e. The summed E-state index contributed by atoms with van der Waals surface area (Å²) in [7, 11) is 0.